The third kappa shape index (κ3) is 3.82. The number of halogens is 6. The molecule has 2 fully saturated rings. The molecule has 0 bridgehead atoms. The van der Waals surface area contributed by atoms with E-state index < -0.39 is 53.0 Å². The molecule has 1 aliphatic carbocycles. The molecule has 2 aliphatic rings. The Hall–Kier alpha value is -2.79. The summed E-state index contributed by atoms with van der Waals surface area (Å²) in [6.45, 7) is 0. The summed E-state index contributed by atoms with van der Waals surface area (Å²) in [7, 11) is 0. The molecule has 1 saturated carbocycles. The Morgan fingerprint density at radius 2 is 1.70 bits per heavy atom. The van der Waals surface area contributed by atoms with Gasteiger partial charge in [0.2, 0.25) is 0 Å². The first-order chi connectivity index (χ1) is 13.9. The summed E-state index contributed by atoms with van der Waals surface area (Å²) < 4.78 is 80.1. The number of imide groups is 1. The van der Waals surface area contributed by atoms with Gasteiger partial charge in [0.25, 0.3) is 17.5 Å². The smallest absolute Gasteiger partial charge is 0.314 e. The maximum atomic E-state index is 13.9. The SMILES string of the molecule is O=C(N[C@@]1(C(F)(F)F)NC(=O)N(C2CCCCC2)C1=O)c1cccc(C(F)(F)F)c1. The van der Waals surface area contributed by atoms with E-state index in [1.807, 2.05) is 0 Å². The zero-order valence-electron chi connectivity index (χ0n) is 15.4. The minimum absolute atomic E-state index is 0.328. The molecule has 12 heteroatoms. The normalized spacial score (nSPS) is 23.5. The van der Waals surface area contributed by atoms with Gasteiger partial charge in [0.15, 0.2) is 0 Å². The minimum atomic E-state index is -5.43. The first-order valence-electron chi connectivity index (χ1n) is 9.09. The molecular weight excluding hydrogens is 420 g/mol. The number of amides is 4. The lowest BCUT2D eigenvalue weighted by molar-refractivity contribution is -0.200. The van der Waals surface area contributed by atoms with Crippen molar-refractivity contribution in [2.45, 2.75) is 56.2 Å². The van der Waals surface area contributed by atoms with Crippen LogP contribution >= 0.6 is 0 Å². The highest BCUT2D eigenvalue weighted by atomic mass is 19.4. The van der Waals surface area contributed by atoms with Gasteiger partial charge in [-0.05, 0) is 31.0 Å². The van der Waals surface area contributed by atoms with E-state index in [9.17, 15) is 40.7 Å². The van der Waals surface area contributed by atoms with Crippen LogP contribution in [0.3, 0.4) is 0 Å². The van der Waals surface area contributed by atoms with Crippen molar-refractivity contribution in [3.8, 4) is 0 Å². The van der Waals surface area contributed by atoms with Gasteiger partial charge in [-0.25, -0.2) is 4.79 Å². The van der Waals surface area contributed by atoms with E-state index in [2.05, 4.69) is 0 Å². The third-order valence-electron chi connectivity index (χ3n) is 5.17. The van der Waals surface area contributed by atoms with Crippen LogP contribution in [0.1, 0.15) is 48.0 Å². The molecule has 0 radical (unpaired) electrons. The fourth-order valence-corrected chi connectivity index (χ4v) is 3.64. The quantitative estimate of drug-likeness (QED) is 0.561. The molecule has 1 aliphatic heterocycles. The van der Waals surface area contributed by atoms with Gasteiger partial charge in [0.1, 0.15) is 0 Å². The molecule has 6 nitrogen and oxygen atoms in total. The third-order valence-corrected chi connectivity index (χ3v) is 5.17. The van der Waals surface area contributed by atoms with Gasteiger partial charge in [-0.2, -0.15) is 26.3 Å². The predicted octanol–water partition coefficient (Wildman–Crippen LogP) is 3.58. The molecule has 1 aromatic rings. The molecule has 1 saturated heterocycles. The Labute approximate surface area is 166 Å². The van der Waals surface area contributed by atoms with Crippen LogP contribution in [0.4, 0.5) is 31.1 Å². The monoisotopic (exact) mass is 437 g/mol. The molecule has 1 aromatic carbocycles. The fourth-order valence-electron chi connectivity index (χ4n) is 3.64. The summed E-state index contributed by atoms with van der Waals surface area (Å²) in [5.41, 5.74) is -5.75. The van der Waals surface area contributed by atoms with Crippen LogP contribution in [0.15, 0.2) is 24.3 Å². The number of alkyl halides is 6. The van der Waals surface area contributed by atoms with E-state index in [0.29, 0.717) is 42.7 Å². The molecule has 4 amide bonds. The second-order valence-corrected chi connectivity index (χ2v) is 7.18. The standard InChI is InChI=1S/C18H17F6N3O3/c19-17(20,21)11-6-4-5-10(9-11)13(28)25-16(18(22,23)24)14(29)27(15(30)26-16)12-7-2-1-3-8-12/h4-6,9,12H,1-3,7-8H2,(H,25,28)(H,26,30)/t16-/m1/s1. The lowest BCUT2D eigenvalue weighted by Crippen LogP contribution is -2.69. The number of benzene rings is 1. The van der Waals surface area contributed by atoms with Crippen LogP contribution in [0.25, 0.3) is 0 Å². The van der Waals surface area contributed by atoms with E-state index >= 15 is 0 Å². The number of rotatable bonds is 3. The maximum Gasteiger partial charge on any atom is 0.440 e. The Balaban J connectivity index is 1.93. The Morgan fingerprint density at radius 3 is 2.27 bits per heavy atom. The highest BCUT2D eigenvalue weighted by Crippen LogP contribution is 2.37. The highest BCUT2D eigenvalue weighted by molar-refractivity contribution is 6.10. The molecule has 2 N–H and O–H groups in total. The zero-order valence-corrected chi connectivity index (χ0v) is 15.4. The second kappa shape index (κ2) is 7.47. The van der Waals surface area contributed by atoms with E-state index in [-0.39, 0.29) is 0 Å². The number of hydrogen-bond donors (Lipinski definition) is 2. The second-order valence-electron chi connectivity index (χ2n) is 7.18. The van der Waals surface area contributed by atoms with Crippen LogP contribution in [0, 0.1) is 0 Å². The van der Waals surface area contributed by atoms with Crippen molar-refractivity contribution in [3.05, 3.63) is 35.4 Å². The lowest BCUT2D eigenvalue weighted by atomic mass is 9.94. The summed E-state index contributed by atoms with van der Waals surface area (Å²) in [6.07, 6.45) is -7.54. The predicted molar refractivity (Wildman–Crippen MR) is 89.9 cm³/mol. The van der Waals surface area contributed by atoms with Gasteiger partial charge in [-0.1, -0.05) is 25.3 Å². The van der Waals surface area contributed by atoms with Crippen LogP contribution < -0.4 is 10.6 Å². The summed E-state index contributed by atoms with van der Waals surface area (Å²) in [4.78, 5) is 37.8. The molecule has 3 rings (SSSR count). The van der Waals surface area contributed by atoms with Crippen LogP contribution in [0.5, 0.6) is 0 Å². The first-order valence-corrected chi connectivity index (χ1v) is 9.09. The van der Waals surface area contributed by atoms with Crippen molar-refractivity contribution in [3.63, 3.8) is 0 Å². The molecule has 1 atom stereocenters. The van der Waals surface area contributed by atoms with E-state index in [0.717, 1.165) is 18.6 Å². The van der Waals surface area contributed by atoms with Gasteiger partial charge in [0, 0.05) is 11.6 Å². The number of carbonyl (C=O) groups excluding carboxylic acids is 3. The van der Waals surface area contributed by atoms with E-state index in [1.165, 1.54) is 10.6 Å². The van der Waals surface area contributed by atoms with Crippen LogP contribution in [0.2, 0.25) is 0 Å². The molecule has 0 unspecified atom stereocenters. The molecule has 0 spiro atoms. The maximum absolute atomic E-state index is 13.9. The average Bonchev–Trinajstić information content (AvgIpc) is 2.92. The van der Waals surface area contributed by atoms with Gasteiger partial charge in [-0.15, -0.1) is 0 Å². The highest BCUT2D eigenvalue weighted by Gasteiger charge is 2.69. The van der Waals surface area contributed by atoms with Crippen LogP contribution in [-0.4, -0.2) is 40.6 Å². The summed E-state index contributed by atoms with van der Waals surface area (Å²) >= 11 is 0. The van der Waals surface area contributed by atoms with Crippen molar-refractivity contribution in [1.82, 2.24) is 15.5 Å². The van der Waals surface area contributed by atoms with E-state index in [1.54, 1.807) is 0 Å². The number of carbonyl (C=O) groups is 3. The molecule has 1 heterocycles. The fraction of sp³-hybridized carbons (Fsp3) is 0.500. The van der Waals surface area contributed by atoms with Gasteiger partial charge >= 0.3 is 18.4 Å². The summed E-state index contributed by atoms with van der Waals surface area (Å²) in [5, 5.41) is 2.93. The van der Waals surface area contributed by atoms with Crippen molar-refractivity contribution < 1.29 is 40.7 Å². The van der Waals surface area contributed by atoms with Crippen molar-refractivity contribution in [2.24, 2.45) is 0 Å². The lowest BCUT2D eigenvalue weighted by Gasteiger charge is -2.32. The minimum Gasteiger partial charge on any atom is -0.314 e. The van der Waals surface area contributed by atoms with Gasteiger partial charge in [0.05, 0.1) is 5.56 Å². The van der Waals surface area contributed by atoms with Gasteiger partial charge < -0.3 is 5.32 Å². The number of urea groups is 1. The van der Waals surface area contributed by atoms with Gasteiger partial charge in [-0.3, -0.25) is 19.8 Å². The number of nitrogens with zero attached hydrogens (tertiary/aromatic N) is 1. The average molecular weight is 437 g/mol. The van der Waals surface area contributed by atoms with E-state index in [4.69, 9.17) is 0 Å². The first kappa shape index (κ1) is 21.9. The van der Waals surface area contributed by atoms with Crippen molar-refractivity contribution >= 4 is 17.8 Å². The molecule has 0 aromatic heterocycles. The summed E-state index contributed by atoms with van der Waals surface area (Å²) in [5.74, 6) is -3.29. The Morgan fingerprint density at radius 1 is 1.07 bits per heavy atom. The molecule has 30 heavy (non-hydrogen) atoms. The van der Waals surface area contributed by atoms with Crippen LogP contribution in [-0.2, 0) is 11.0 Å². The Bertz CT molecular complexity index is 863. The molecular formula is C18H17F6N3O3. The van der Waals surface area contributed by atoms with Crippen molar-refractivity contribution in [1.29, 1.82) is 0 Å². The Kier molecular flexibility index (Phi) is 5.46. The largest absolute Gasteiger partial charge is 0.440 e. The number of hydrogen-bond acceptors (Lipinski definition) is 3. The van der Waals surface area contributed by atoms with Crippen molar-refractivity contribution in [2.75, 3.05) is 0 Å². The zero-order chi connectivity index (χ0) is 22.3. The summed E-state index contributed by atoms with van der Waals surface area (Å²) in [6, 6.07) is 0.661. The topological polar surface area (TPSA) is 78.5 Å². The number of nitrogens with one attached hydrogen (secondary N) is 2. The molecule has 164 valence electrons.